The zero-order chi connectivity index (χ0) is 24.5. The monoisotopic (exact) mass is 483 g/mol. The largest absolute Gasteiger partial charge is 0.382 e. The van der Waals surface area contributed by atoms with Gasteiger partial charge in [-0.25, -0.2) is 0 Å². The number of carbonyl (C=O) groups excluding carboxylic acids is 1. The van der Waals surface area contributed by atoms with Crippen LogP contribution in [0.4, 0.5) is 5.69 Å². The number of fused-ring (bicyclic) bond motifs is 1. The maximum atomic E-state index is 11.6. The van der Waals surface area contributed by atoms with Gasteiger partial charge in [0.2, 0.25) is 5.91 Å². The maximum Gasteiger partial charge on any atom is 0.246 e. The molecule has 0 saturated carbocycles. The molecule has 34 heavy (non-hydrogen) atoms. The van der Waals surface area contributed by atoms with Gasteiger partial charge in [-0.3, -0.25) is 14.5 Å². The Morgan fingerprint density at radius 2 is 2.12 bits per heavy atom. The van der Waals surface area contributed by atoms with Gasteiger partial charge in [-0.1, -0.05) is 30.3 Å². The molecule has 2 aromatic heterocycles. The zero-order valence-electron chi connectivity index (χ0n) is 20.2. The Kier molecular flexibility index (Phi) is 9.42. The lowest BCUT2D eigenvalue weighted by Gasteiger charge is -2.22. The fraction of sp³-hybridized carbons (Fsp3) is 0.440. The molecule has 2 N–H and O–H groups in total. The highest BCUT2D eigenvalue weighted by Gasteiger charge is 2.10. The number of anilines is 1. The van der Waals surface area contributed by atoms with E-state index in [9.17, 15) is 4.79 Å². The summed E-state index contributed by atoms with van der Waals surface area (Å²) < 4.78 is 1.83. The Bertz CT molecular complexity index is 1110. The van der Waals surface area contributed by atoms with Crippen molar-refractivity contribution in [3.8, 4) is 0 Å². The number of rotatable bonds is 13. The molecule has 0 aliphatic heterocycles. The first-order valence-corrected chi connectivity index (χ1v) is 12.1. The lowest BCUT2D eigenvalue weighted by molar-refractivity contribution is -0.117. The summed E-state index contributed by atoms with van der Waals surface area (Å²) in [6.45, 7) is 13.7. The van der Waals surface area contributed by atoms with Crippen LogP contribution in [0.1, 0.15) is 39.3 Å². The van der Waals surface area contributed by atoms with Gasteiger partial charge in [-0.05, 0) is 64.0 Å². The van der Waals surface area contributed by atoms with Crippen LogP contribution < -0.4 is 10.6 Å². The van der Waals surface area contributed by atoms with Gasteiger partial charge < -0.3 is 15.5 Å². The summed E-state index contributed by atoms with van der Waals surface area (Å²) in [7, 11) is 0. The van der Waals surface area contributed by atoms with E-state index >= 15 is 0 Å². The number of carbonyl (C=O) groups is 1. The molecule has 0 bridgehead atoms. The maximum absolute atomic E-state index is 11.6. The van der Waals surface area contributed by atoms with E-state index in [-0.39, 0.29) is 5.91 Å². The van der Waals surface area contributed by atoms with E-state index in [2.05, 4.69) is 51.3 Å². The topological polar surface area (TPSA) is 88.0 Å². The third-order valence-electron chi connectivity index (χ3n) is 5.71. The number of benzene rings is 1. The average molecular weight is 484 g/mol. The highest BCUT2D eigenvalue weighted by molar-refractivity contribution is 6.31. The molecule has 0 fully saturated rings. The SMILES string of the molecule is C=C(C)C(=O)NCc1cn(CCN(CC)CCCC(C)Nc2ccnc3cc(Cl)ccc23)nn1. The van der Waals surface area contributed by atoms with Crippen molar-refractivity contribution in [1.82, 2.24) is 30.2 Å². The summed E-state index contributed by atoms with van der Waals surface area (Å²) in [6, 6.07) is 8.16. The van der Waals surface area contributed by atoms with E-state index in [1.807, 2.05) is 41.3 Å². The minimum Gasteiger partial charge on any atom is -0.382 e. The Hall–Kier alpha value is -2.97. The van der Waals surface area contributed by atoms with Crippen molar-refractivity contribution in [3.63, 3.8) is 0 Å². The predicted octanol–water partition coefficient (Wildman–Crippen LogP) is 4.27. The van der Waals surface area contributed by atoms with Crippen molar-refractivity contribution in [1.29, 1.82) is 0 Å². The van der Waals surface area contributed by atoms with E-state index in [0.29, 0.717) is 23.2 Å². The number of hydrogen-bond acceptors (Lipinski definition) is 6. The van der Waals surface area contributed by atoms with Crippen LogP contribution in [0, 0.1) is 0 Å². The van der Waals surface area contributed by atoms with Gasteiger partial charge in [-0.2, -0.15) is 0 Å². The Morgan fingerprint density at radius 1 is 1.29 bits per heavy atom. The summed E-state index contributed by atoms with van der Waals surface area (Å²) in [5, 5.41) is 16.5. The Balaban J connectivity index is 1.41. The molecule has 0 saturated heterocycles. The fourth-order valence-corrected chi connectivity index (χ4v) is 3.89. The second-order valence-electron chi connectivity index (χ2n) is 8.58. The highest BCUT2D eigenvalue weighted by atomic mass is 35.5. The summed E-state index contributed by atoms with van der Waals surface area (Å²) in [6.07, 6.45) is 5.84. The van der Waals surface area contributed by atoms with Crippen molar-refractivity contribution in [2.45, 2.75) is 52.7 Å². The van der Waals surface area contributed by atoms with Crippen LogP contribution in [0.5, 0.6) is 0 Å². The van der Waals surface area contributed by atoms with Crippen LogP contribution in [-0.4, -0.2) is 56.5 Å². The summed E-state index contributed by atoms with van der Waals surface area (Å²) in [4.78, 5) is 18.4. The summed E-state index contributed by atoms with van der Waals surface area (Å²) in [5.41, 5.74) is 3.21. The Morgan fingerprint density at radius 3 is 2.88 bits per heavy atom. The molecule has 182 valence electrons. The molecule has 1 amide bonds. The molecule has 3 aromatic rings. The molecule has 2 heterocycles. The molecule has 0 spiro atoms. The van der Waals surface area contributed by atoms with Crippen molar-refractivity contribution < 1.29 is 4.79 Å². The third kappa shape index (κ3) is 7.53. The molecule has 0 aliphatic rings. The second-order valence-corrected chi connectivity index (χ2v) is 9.01. The lowest BCUT2D eigenvalue weighted by Crippen LogP contribution is -2.29. The van der Waals surface area contributed by atoms with Gasteiger partial charge in [0.1, 0.15) is 5.69 Å². The highest BCUT2D eigenvalue weighted by Crippen LogP contribution is 2.25. The molecule has 0 aliphatic carbocycles. The summed E-state index contributed by atoms with van der Waals surface area (Å²) in [5.74, 6) is -0.169. The van der Waals surface area contributed by atoms with Crippen molar-refractivity contribution in [2.24, 2.45) is 0 Å². The molecular weight excluding hydrogens is 450 g/mol. The standard InChI is InChI=1S/C25H34ClN7O/c1-5-32(13-14-33-17-21(30-31-33)16-28-25(34)18(2)3)12-6-7-19(4)29-23-10-11-27-24-15-20(26)8-9-22(23)24/h8-11,15,17,19H,2,5-7,12-14,16H2,1,3-4H3,(H,27,29)(H,28,34). The minimum atomic E-state index is -0.169. The van der Waals surface area contributed by atoms with Crippen LogP contribution in [0.3, 0.4) is 0 Å². The van der Waals surface area contributed by atoms with Crippen LogP contribution in [0.2, 0.25) is 5.02 Å². The molecule has 1 atom stereocenters. The zero-order valence-corrected chi connectivity index (χ0v) is 21.0. The predicted molar refractivity (Wildman–Crippen MR) is 138 cm³/mol. The van der Waals surface area contributed by atoms with Crippen LogP contribution >= 0.6 is 11.6 Å². The molecule has 0 radical (unpaired) electrons. The van der Waals surface area contributed by atoms with Crippen molar-refractivity contribution >= 4 is 34.1 Å². The van der Waals surface area contributed by atoms with Gasteiger partial charge in [0.15, 0.2) is 0 Å². The Labute approximate surface area is 206 Å². The number of nitrogens with one attached hydrogen (secondary N) is 2. The number of likely N-dealkylation sites (N-methyl/N-ethyl adjacent to an activating group) is 1. The van der Waals surface area contributed by atoms with Gasteiger partial charge in [0, 0.05) is 40.5 Å². The van der Waals surface area contributed by atoms with Gasteiger partial charge in [0.25, 0.3) is 0 Å². The second kappa shape index (κ2) is 12.5. The number of nitrogens with zero attached hydrogens (tertiary/aromatic N) is 5. The normalized spacial score (nSPS) is 12.1. The van der Waals surface area contributed by atoms with Crippen LogP contribution in [0.25, 0.3) is 10.9 Å². The van der Waals surface area contributed by atoms with Crippen molar-refractivity contribution in [2.75, 3.05) is 25.0 Å². The van der Waals surface area contributed by atoms with Gasteiger partial charge >= 0.3 is 0 Å². The van der Waals surface area contributed by atoms with E-state index in [1.165, 1.54) is 0 Å². The number of aromatic nitrogens is 4. The van der Waals surface area contributed by atoms with Crippen LogP contribution in [0.15, 0.2) is 48.8 Å². The molecule has 3 rings (SSSR count). The molecule has 8 nitrogen and oxygen atoms in total. The van der Waals surface area contributed by atoms with E-state index in [0.717, 1.165) is 61.3 Å². The fourth-order valence-electron chi connectivity index (χ4n) is 3.73. The molecule has 1 aromatic carbocycles. The minimum absolute atomic E-state index is 0.169. The lowest BCUT2D eigenvalue weighted by atomic mass is 10.1. The smallest absolute Gasteiger partial charge is 0.246 e. The van der Waals surface area contributed by atoms with Gasteiger partial charge in [-0.15, -0.1) is 5.10 Å². The summed E-state index contributed by atoms with van der Waals surface area (Å²) >= 11 is 6.10. The number of hydrogen-bond donors (Lipinski definition) is 2. The third-order valence-corrected chi connectivity index (χ3v) is 5.95. The molecule has 9 heteroatoms. The first-order valence-electron chi connectivity index (χ1n) is 11.7. The average Bonchev–Trinajstić information content (AvgIpc) is 3.27. The van der Waals surface area contributed by atoms with E-state index in [1.54, 1.807) is 6.92 Å². The van der Waals surface area contributed by atoms with Crippen molar-refractivity contribution in [3.05, 3.63) is 59.5 Å². The van der Waals surface area contributed by atoms with E-state index in [4.69, 9.17) is 11.6 Å². The number of halogens is 1. The van der Waals surface area contributed by atoms with Crippen LogP contribution in [-0.2, 0) is 17.9 Å². The first kappa shape index (κ1) is 25.6. The first-order chi connectivity index (χ1) is 16.4. The number of pyridine rings is 1. The number of amides is 1. The molecule has 1 unspecified atom stereocenters. The molecular formula is C25H34ClN7O. The quantitative estimate of drug-likeness (QED) is 0.353. The van der Waals surface area contributed by atoms with Gasteiger partial charge in [0.05, 0.1) is 24.8 Å². The van der Waals surface area contributed by atoms with E-state index < -0.39 is 0 Å².